The highest BCUT2D eigenvalue weighted by Gasteiger charge is 2.05. The second-order valence-corrected chi connectivity index (χ2v) is 3.84. The Balaban J connectivity index is 1.91. The van der Waals surface area contributed by atoms with Crippen LogP contribution in [0.2, 0.25) is 0 Å². The normalized spacial score (nSPS) is 11.9. The van der Waals surface area contributed by atoms with Crippen molar-refractivity contribution in [3.8, 4) is 5.75 Å². The Morgan fingerprint density at radius 3 is 2.50 bits per heavy atom. The molecule has 0 bridgehead atoms. The molecule has 1 atom stereocenters. The molecule has 0 aliphatic carbocycles. The Bertz CT molecular complexity index is 472. The van der Waals surface area contributed by atoms with Gasteiger partial charge >= 0.3 is 0 Å². The molecule has 0 amide bonds. The first-order chi connectivity index (χ1) is 8.79. The van der Waals surface area contributed by atoms with E-state index in [1.807, 2.05) is 30.3 Å². The lowest BCUT2D eigenvalue weighted by Crippen LogP contribution is -2.21. The average Bonchev–Trinajstić information content (AvgIpc) is 2.46. The van der Waals surface area contributed by atoms with Gasteiger partial charge in [0.15, 0.2) is 5.75 Å². The predicted molar refractivity (Wildman–Crippen MR) is 70.4 cm³/mol. The van der Waals surface area contributed by atoms with Crippen LogP contribution in [0.4, 0.5) is 5.95 Å². The largest absolute Gasteiger partial charge is 0.494 e. The summed E-state index contributed by atoms with van der Waals surface area (Å²) in [4.78, 5) is 8.22. The molecule has 2 aromatic rings. The van der Waals surface area contributed by atoms with Crippen molar-refractivity contribution in [3.63, 3.8) is 0 Å². The first kappa shape index (κ1) is 12.3. The molecule has 2 rings (SSSR count). The van der Waals surface area contributed by atoms with E-state index >= 15 is 0 Å². The number of rotatable bonds is 5. The lowest BCUT2D eigenvalue weighted by Gasteiger charge is -2.12. The summed E-state index contributed by atoms with van der Waals surface area (Å²) in [5.74, 6) is 1.18. The van der Waals surface area contributed by atoms with E-state index in [1.165, 1.54) is 0 Å². The molecule has 94 valence electrons. The van der Waals surface area contributed by atoms with Crippen molar-refractivity contribution < 1.29 is 4.74 Å². The van der Waals surface area contributed by atoms with Crippen LogP contribution in [0, 0.1) is 0 Å². The summed E-state index contributed by atoms with van der Waals surface area (Å²) in [6, 6.07) is 9.83. The number of nitrogens with zero attached hydrogens (tertiary/aromatic N) is 2. The smallest absolute Gasteiger partial charge is 0.222 e. The molecular weight excluding hydrogens is 228 g/mol. The van der Waals surface area contributed by atoms with Crippen LogP contribution < -0.4 is 15.8 Å². The molecule has 5 heteroatoms. The molecule has 1 aromatic carbocycles. The second-order valence-electron chi connectivity index (χ2n) is 3.84. The fourth-order valence-corrected chi connectivity index (χ4v) is 1.53. The van der Waals surface area contributed by atoms with Crippen molar-refractivity contribution in [3.05, 3.63) is 48.3 Å². The van der Waals surface area contributed by atoms with Crippen molar-refractivity contribution >= 4 is 5.95 Å². The van der Waals surface area contributed by atoms with Crippen molar-refractivity contribution in [2.24, 2.45) is 5.73 Å². The minimum absolute atomic E-state index is 0.0862. The zero-order valence-electron chi connectivity index (χ0n) is 10.2. The Morgan fingerprint density at radius 1 is 1.22 bits per heavy atom. The van der Waals surface area contributed by atoms with Gasteiger partial charge in [-0.25, -0.2) is 9.97 Å². The summed E-state index contributed by atoms with van der Waals surface area (Å²) in [6.45, 7) is 0.580. The first-order valence-corrected chi connectivity index (χ1v) is 5.70. The van der Waals surface area contributed by atoms with Crippen molar-refractivity contribution in [2.75, 3.05) is 19.0 Å². The van der Waals surface area contributed by atoms with Gasteiger partial charge in [-0.15, -0.1) is 0 Å². The number of hydrogen-bond acceptors (Lipinski definition) is 5. The first-order valence-electron chi connectivity index (χ1n) is 5.70. The lowest BCUT2D eigenvalue weighted by molar-refractivity contribution is 0.411. The molecule has 1 aromatic heterocycles. The van der Waals surface area contributed by atoms with E-state index in [-0.39, 0.29) is 6.04 Å². The van der Waals surface area contributed by atoms with Gasteiger partial charge in [0.25, 0.3) is 0 Å². The summed E-state index contributed by atoms with van der Waals surface area (Å²) < 4.78 is 4.99. The van der Waals surface area contributed by atoms with Crippen LogP contribution in [0.15, 0.2) is 42.7 Å². The fraction of sp³-hybridized carbons (Fsp3) is 0.231. The molecule has 3 N–H and O–H groups in total. The standard InChI is InChI=1S/C13H16N4O/c1-18-11-7-15-13(16-8-11)17-9-12(14)10-5-3-2-4-6-10/h2-8,12H,9,14H2,1H3,(H,15,16,17). The third-order valence-corrected chi connectivity index (χ3v) is 2.57. The molecule has 0 aliphatic heterocycles. The van der Waals surface area contributed by atoms with Gasteiger partial charge in [0, 0.05) is 12.6 Å². The molecular formula is C13H16N4O. The van der Waals surface area contributed by atoms with Crippen LogP contribution in [0.3, 0.4) is 0 Å². The second kappa shape index (κ2) is 5.97. The quantitative estimate of drug-likeness (QED) is 0.835. The van der Waals surface area contributed by atoms with Gasteiger partial charge in [0.1, 0.15) is 0 Å². The van der Waals surface area contributed by atoms with Crippen LogP contribution in [0.25, 0.3) is 0 Å². The highest BCUT2D eigenvalue weighted by Crippen LogP contribution is 2.11. The summed E-state index contributed by atoms with van der Waals surface area (Å²) in [7, 11) is 1.58. The number of nitrogens with two attached hydrogens (primary N) is 1. The maximum absolute atomic E-state index is 6.06. The molecule has 0 aliphatic rings. The molecule has 1 heterocycles. The summed E-state index contributed by atoms with van der Waals surface area (Å²) >= 11 is 0. The van der Waals surface area contributed by atoms with Gasteiger partial charge in [-0.3, -0.25) is 0 Å². The molecule has 0 saturated carbocycles. The summed E-state index contributed by atoms with van der Waals surface area (Å²) in [5, 5.41) is 3.09. The monoisotopic (exact) mass is 244 g/mol. The minimum Gasteiger partial charge on any atom is -0.494 e. The maximum atomic E-state index is 6.06. The van der Waals surface area contributed by atoms with Crippen molar-refractivity contribution in [2.45, 2.75) is 6.04 Å². The average molecular weight is 244 g/mol. The molecule has 18 heavy (non-hydrogen) atoms. The zero-order chi connectivity index (χ0) is 12.8. The van der Waals surface area contributed by atoms with E-state index < -0.39 is 0 Å². The molecule has 0 fully saturated rings. The van der Waals surface area contributed by atoms with Gasteiger partial charge in [0.05, 0.1) is 19.5 Å². The van der Waals surface area contributed by atoms with Gasteiger partial charge in [-0.05, 0) is 5.56 Å². The predicted octanol–water partition coefficient (Wildman–Crippen LogP) is 1.60. The van der Waals surface area contributed by atoms with Crippen LogP contribution in [-0.4, -0.2) is 23.6 Å². The van der Waals surface area contributed by atoms with Gasteiger partial charge in [-0.1, -0.05) is 30.3 Å². The SMILES string of the molecule is COc1cnc(NCC(N)c2ccccc2)nc1. The van der Waals surface area contributed by atoms with E-state index in [9.17, 15) is 0 Å². The van der Waals surface area contributed by atoms with Crippen LogP contribution in [-0.2, 0) is 0 Å². The van der Waals surface area contributed by atoms with E-state index in [0.29, 0.717) is 18.2 Å². The van der Waals surface area contributed by atoms with Crippen molar-refractivity contribution in [1.82, 2.24) is 9.97 Å². The Hall–Kier alpha value is -2.14. The van der Waals surface area contributed by atoms with E-state index in [1.54, 1.807) is 19.5 Å². The van der Waals surface area contributed by atoms with E-state index in [4.69, 9.17) is 10.5 Å². The number of ether oxygens (including phenoxy) is 1. The lowest BCUT2D eigenvalue weighted by atomic mass is 10.1. The van der Waals surface area contributed by atoms with E-state index in [0.717, 1.165) is 5.56 Å². The summed E-state index contributed by atoms with van der Waals surface area (Å²) in [5.41, 5.74) is 7.14. The number of benzene rings is 1. The van der Waals surface area contributed by atoms with Gasteiger partial charge < -0.3 is 15.8 Å². The maximum Gasteiger partial charge on any atom is 0.222 e. The van der Waals surface area contributed by atoms with Crippen LogP contribution in [0.5, 0.6) is 5.75 Å². The zero-order valence-corrected chi connectivity index (χ0v) is 10.2. The number of hydrogen-bond donors (Lipinski definition) is 2. The Labute approximate surface area is 106 Å². The van der Waals surface area contributed by atoms with Crippen molar-refractivity contribution in [1.29, 1.82) is 0 Å². The number of anilines is 1. The number of aromatic nitrogens is 2. The number of nitrogens with one attached hydrogen (secondary N) is 1. The molecule has 0 radical (unpaired) electrons. The summed E-state index contributed by atoms with van der Waals surface area (Å²) in [6.07, 6.45) is 3.23. The Kier molecular flexibility index (Phi) is 4.09. The topological polar surface area (TPSA) is 73.1 Å². The highest BCUT2D eigenvalue weighted by atomic mass is 16.5. The van der Waals surface area contributed by atoms with Gasteiger partial charge in [-0.2, -0.15) is 0 Å². The number of methoxy groups -OCH3 is 1. The van der Waals surface area contributed by atoms with Crippen LogP contribution in [0.1, 0.15) is 11.6 Å². The minimum atomic E-state index is -0.0862. The molecule has 0 saturated heterocycles. The van der Waals surface area contributed by atoms with E-state index in [2.05, 4.69) is 15.3 Å². The molecule has 0 spiro atoms. The third kappa shape index (κ3) is 3.18. The molecule has 1 unspecified atom stereocenters. The van der Waals surface area contributed by atoms with Gasteiger partial charge in [0.2, 0.25) is 5.95 Å². The third-order valence-electron chi connectivity index (χ3n) is 2.57. The van der Waals surface area contributed by atoms with Crippen LogP contribution >= 0.6 is 0 Å². The molecule has 5 nitrogen and oxygen atoms in total. The fourth-order valence-electron chi connectivity index (χ4n) is 1.53. The Morgan fingerprint density at radius 2 is 1.89 bits per heavy atom. The highest BCUT2D eigenvalue weighted by molar-refractivity contribution is 5.28.